The van der Waals surface area contributed by atoms with Crippen LogP contribution < -0.4 is 10.1 Å². The molecule has 3 atom stereocenters. The number of amides is 1. The second-order valence-corrected chi connectivity index (χ2v) is 6.08. The van der Waals surface area contributed by atoms with Crippen molar-refractivity contribution in [2.45, 2.75) is 45.9 Å². The minimum atomic E-state index is -0.209. The van der Waals surface area contributed by atoms with E-state index in [1.165, 1.54) is 0 Å². The first-order valence-corrected chi connectivity index (χ1v) is 7.75. The fraction of sp³-hybridized carbons (Fsp3) is 0.588. The first-order chi connectivity index (χ1) is 10.4. The van der Waals surface area contributed by atoms with Gasteiger partial charge in [-0.05, 0) is 45.4 Å². The Morgan fingerprint density at radius 2 is 2.00 bits per heavy atom. The molecule has 1 N–H and O–H groups in total. The third kappa shape index (κ3) is 3.99. The first-order valence-electron chi connectivity index (χ1n) is 7.75. The standard InChI is InChI=1S/C17H26N2O3/c1-11-6-7-16(21-5)15(8-11)18-17(20)14(4)19-9-12(2)22-13(3)10-19/h6-8,12-14H,9-10H2,1-5H3,(H,18,20)/t12-,13-,14-/m1/s1. The molecule has 1 aliphatic heterocycles. The molecule has 1 saturated heterocycles. The third-order valence-corrected chi connectivity index (χ3v) is 3.99. The van der Waals surface area contributed by atoms with Crippen molar-refractivity contribution >= 4 is 11.6 Å². The van der Waals surface area contributed by atoms with Gasteiger partial charge in [-0.25, -0.2) is 0 Å². The van der Waals surface area contributed by atoms with Gasteiger partial charge in [0.1, 0.15) is 5.75 Å². The Kier molecular flexibility index (Phi) is 5.42. The predicted octanol–water partition coefficient (Wildman–Crippen LogP) is 2.44. The second-order valence-electron chi connectivity index (χ2n) is 6.08. The van der Waals surface area contributed by atoms with Crippen molar-refractivity contribution in [1.82, 2.24) is 4.90 Å². The van der Waals surface area contributed by atoms with Gasteiger partial charge in [-0.3, -0.25) is 9.69 Å². The minimum Gasteiger partial charge on any atom is -0.495 e. The van der Waals surface area contributed by atoms with E-state index in [2.05, 4.69) is 10.2 Å². The van der Waals surface area contributed by atoms with Crippen molar-refractivity contribution in [3.05, 3.63) is 23.8 Å². The summed E-state index contributed by atoms with van der Waals surface area (Å²) in [6, 6.07) is 5.55. The molecule has 0 radical (unpaired) electrons. The summed E-state index contributed by atoms with van der Waals surface area (Å²) < 4.78 is 11.0. The summed E-state index contributed by atoms with van der Waals surface area (Å²) in [5.74, 6) is 0.653. The lowest BCUT2D eigenvalue weighted by molar-refractivity contribution is -0.126. The number of ether oxygens (including phenoxy) is 2. The van der Waals surface area contributed by atoms with Gasteiger partial charge in [0, 0.05) is 13.1 Å². The number of nitrogens with one attached hydrogen (secondary N) is 1. The molecule has 1 aromatic rings. The molecule has 1 fully saturated rings. The quantitative estimate of drug-likeness (QED) is 0.928. The number of anilines is 1. The molecule has 0 aliphatic carbocycles. The molecule has 1 aliphatic rings. The summed E-state index contributed by atoms with van der Waals surface area (Å²) in [5.41, 5.74) is 1.80. The summed E-state index contributed by atoms with van der Waals surface area (Å²) in [4.78, 5) is 14.7. The molecule has 5 nitrogen and oxygen atoms in total. The summed E-state index contributed by atoms with van der Waals surface area (Å²) in [6.07, 6.45) is 0.292. The zero-order chi connectivity index (χ0) is 16.3. The van der Waals surface area contributed by atoms with E-state index >= 15 is 0 Å². The maximum Gasteiger partial charge on any atom is 0.241 e. The molecule has 1 heterocycles. The lowest BCUT2D eigenvalue weighted by Crippen LogP contribution is -2.52. The number of hydrogen-bond acceptors (Lipinski definition) is 4. The van der Waals surface area contributed by atoms with Crippen LogP contribution in [0.4, 0.5) is 5.69 Å². The van der Waals surface area contributed by atoms with Crippen LogP contribution in [-0.4, -0.2) is 49.3 Å². The van der Waals surface area contributed by atoms with E-state index in [4.69, 9.17) is 9.47 Å². The van der Waals surface area contributed by atoms with Crippen LogP contribution in [0, 0.1) is 6.92 Å². The number of nitrogens with zero attached hydrogens (tertiary/aromatic N) is 1. The van der Waals surface area contributed by atoms with Crippen LogP contribution in [0.3, 0.4) is 0 Å². The number of morpholine rings is 1. The van der Waals surface area contributed by atoms with Crippen LogP contribution in [0.15, 0.2) is 18.2 Å². The van der Waals surface area contributed by atoms with Crippen molar-refractivity contribution < 1.29 is 14.3 Å². The Balaban J connectivity index is 2.07. The van der Waals surface area contributed by atoms with Crippen LogP contribution in [0.1, 0.15) is 26.3 Å². The molecular weight excluding hydrogens is 280 g/mol. The lowest BCUT2D eigenvalue weighted by Gasteiger charge is -2.38. The van der Waals surface area contributed by atoms with E-state index in [0.717, 1.165) is 18.7 Å². The monoisotopic (exact) mass is 306 g/mol. The van der Waals surface area contributed by atoms with Gasteiger partial charge in [0.2, 0.25) is 5.91 Å². The van der Waals surface area contributed by atoms with Crippen LogP contribution in [-0.2, 0) is 9.53 Å². The molecule has 122 valence electrons. The molecule has 22 heavy (non-hydrogen) atoms. The first kappa shape index (κ1) is 16.8. The van der Waals surface area contributed by atoms with Crippen molar-refractivity contribution in [2.75, 3.05) is 25.5 Å². The van der Waals surface area contributed by atoms with E-state index in [-0.39, 0.29) is 24.2 Å². The van der Waals surface area contributed by atoms with Gasteiger partial charge < -0.3 is 14.8 Å². The highest BCUT2D eigenvalue weighted by atomic mass is 16.5. The molecule has 0 aromatic heterocycles. The number of aryl methyl sites for hydroxylation is 1. The molecule has 5 heteroatoms. The molecule has 0 bridgehead atoms. The number of carbonyl (C=O) groups excluding carboxylic acids is 1. The zero-order valence-corrected chi connectivity index (χ0v) is 14.1. The summed E-state index contributed by atoms with van der Waals surface area (Å²) >= 11 is 0. The van der Waals surface area contributed by atoms with Crippen molar-refractivity contribution in [2.24, 2.45) is 0 Å². The molecule has 0 spiro atoms. The zero-order valence-electron chi connectivity index (χ0n) is 14.1. The van der Waals surface area contributed by atoms with Gasteiger partial charge >= 0.3 is 0 Å². The van der Waals surface area contributed by atoms with E-state index in [9.17, 15) is 4.79 Å². The SMILES string of the molecule is COc1ccc(C)cc1NC(=O)[C@@H](C)N1C[C@@H](C)O[C@H](C)C1. The van der Waals surface area contributed by atoms with Gasteiger partial charge in [-0.2, -0.15) is 0 Å². The van der Waals surface area contributed by atoms with E-state index in [1.54, 1.807) is 7.11 Å². The second kappa shape index (κ2) is 7.11. The summed E-state index contributed by atoms with van der Waals surface area (Å²) in [5, 5.41) is 2.98. The van der Waals surface area contributed by atoms with E-state index in [1.807, 2.05) is 45.9 Å². The Bertz CT molecular complexity index is 523. The normalized spacial score (nSPS) is 23.9. The van der Waals surface area contributed by atoms with Crippen LogP contribution in [0.2, 0.25) is 0 Å². The van der Waals surface area contributed by atoms with Crippen molar-refractivity contribution in [3.63, 3.8) is 0 Å². The van der Waals surface area contributed by atoms with Crippen LogP contribution >= 0.6 is 0 Å². The predicted molar refractivity (Wildman–Crippen MR) is 87.4 cm³/mol. The Labute approximate surface area is 132 Å². The molecule has 1 amide bonds. The Morgan fingerprint density at radius 1 is 1.36 bits per heavy atom. The highest BCUT2D eigenvalue weighted by Gasteiger charge is 2.29. The Hall–Kier alpha value is -1.59. The molecule has 0 unspecified atom stereocenters. The third-order valence-electron chi connectivity index (χ3n) is 3.99. The number of methoxy groups -OCH3 is 1. The van der Waals surface area contributed by atoms with Gasteiger partial charge in [-0.1, -0.05) is 6.07 Å². The minimum absolute atomic E-state index is 0.0230. The fourth-order valence-corrected chi connectivity index (χ4v) is 2.86. The largest absolute Gasteiger partial charge is 0.495 e. The number of hydrogen-bond donors (Lipinski definition) is 1. The van der Waals surface area contributed by atoms with Gasteiger partial charge in [0.25, 0.3) is 0 Å². The summed E-state index contributed by atoms with van der Waals surface area (Å²) in [6.45, 7) is 9.54. The smallest absolute Gasteiger partial charge is 0.241 e. The topological polar surface area (TPSA) is 50.8 Å². The Morgan fingerprint density at radius 3 is 2.59 bits per heavy atom. The molecule has 2 rings (SSSR count). The summed E-state index contributed by atoms with van der Waals surface area (Å²) in [7, 11) is 1.61. The van der Waals surface area contributed by atoms with Crippen molar-refractivity contribution in [3.8, 4) is 5.75 Å². The maximum absolute atomic E-state index is 12.6. The number of benzene rings is 1. The number of rotatable bonds is 4. The lowest BCUT2D eigenvalue weighted by atomic mass is 10.1. The number of carbonyl (C=O) groups is 1. The molecular formula is C17H26N2O3. The average molecular weight is 306 g/mol. The van der Waals surface area contributed by atoms with Gasteiger partial charge in [0.05, 0.1) is 31.0 Å². The van der Waals surface area contributed by atoms with E-state index < -0.39 is 0 Å². The maximum atomic E-state index is 12.6. The van der Waals surface area contributed by atoms with Crippen molar-refractivity contribution in [1.29, 1.82) is 0 Å². The van der Waals surface area contributed by atoms with Gasteiger partial charge in [0.15, 0.2) is 0 Å². The molecule has 1 aromatic carbocycles. The van der Waals surface area contributed by atoms with Crippen LogP contribution in [0.25, 0.3) is 0 Å². The van der Waals surface area contributed by atoms with Gasteiger partial charge in [-0.15, -0.1) is 0 Å². The average Bonchev–Trinajstić information content (AvgIpc) is 2.45. The van der Waals surface area contributed by atoms with E-state index in [0.29, 0.717) is 11.4 Å². The fourth-order valence-electron chi connectivity index (χ4n) is 2.86. The highest BCUT2D eigenvalue weighted by Crippen LogP contribution is 2.25. The highest BCUT2D eigenvalue weighted by molar-refractivity contribution is 5.96. The van der Waals surface area contributed by atoms with Crippen LogP contribution in [0.5, 0.6) is 5.75 Å². The molecule has 0 saturated carbocycles.